The lowest BCUT2D eigenvalue weighted by atomic mass is 10.1. The van der Waals surface area contributed by atoms with Crippen LogP contribution in [0.2, 0.25) is 0 Å². The standard InChI is InChI=1S/C29H35FN4O4S/c1-20-14-26(32-39(36,37)27-15-24(16-31-17-27)22-6-9-25(30)10-7-22)11-8-23(20)19-33-12-13-34(21(2)18-33)28(35)38-29(3,4)5/h6-11,14-17,21,32H,12-13,18-19H2,1-5H3/t21-/m0/s1. The number of sulfonamides is 1. The van der Waals surface area contributed by atoms with Gasteiger partial charge in [-0.15, -0.1) is 0 Å². The number of benzene rings is 2. The molecule has 1 fully saturated rings. The van der Waals surface area contributed by atoms with E-state index in [9.17, 15) is 17.6 Å². The first-order valence-corrected chi connectivity index (χ1v) is 14.3. The summed E-state index contributed by atoms with van der Waals surface area (Å²) < 4.78 is 47.6. The van der Waals surface area contributed by atoms with Gasteiger partial charge in [-0.2, -0.15) is 0 Å². The Morgan fingerprint density at radius 3 is 2.44 bits per heavy atom. The van der Waals surface area contributed by atoms with Crippen molar-refractivity contribution in [2.75, 3.05) is 24.4 Å². The predicted molar refractivity (Wildman–Crippen MR) is 149 cm³/mol. The molecule has 8 nitrogen and oxygen atoms in total. The van der Waals surface area contributed by atoms with E-state index < -0.39 is 15.6 Å². The van der Waals surface area contributed by atoms with E-state index in [0.717, 1.165) is 17.7 Å². The summed E-state index contributed by atoms with van der Waals surface area (Å²) in [6.07, 6.45) is 2.54. The van der Waals surface area contributed by atoms with E-state index in [1.807, 2.05) is 46.8 Å². The number of ether oxygens (including phenoxy) is 1. The highest BCUT2D eigenvalue weighted by Crippen LogP contribution is 2.25. The van der Waals surface area contributed by atoms with Gasteiger partial charge in [0, 0.05) is 55.9 Å². The van der Waals surface area contributed by atoms with Crippen LogP contribution < -0.4 is 4.72 Å². The molecule has 2 heterocycles. The van der Waals surface area contributed by atoms with Crippen molar-refractivity contribution in [3.05, 3.63) is 77.9 Å². The Bertz CT molecular complexity index is 1440. The van der Waals surface area contributed by atoms with Gasteiger partial charge in [0.25, 0.3) is 10.0 Å². The lowest BCUT2D eigenvalue weighted by molar-refractivity contribution is 0.000532. The highest BCUT2D eigenvalue weighted by Gasteiger charge is 2.31. The largest absolute Gasteiger partial charge is 0.444 e. The predicted octanol–water partition coefficient (Wildman–Crippen LogP) is 5.44. The molecule has 39 heavy (non-hydrogen) atoms. The monoisotopic (exact) mass is 554 g/mol. The first-order chi connectivity index (χ1) is 18.3. The summed E-state index contributed by atoms with van der Waals surface area (Å²) in [5.74, 6) is -0.367. The highest BCUT2D eigenvalue weighted by molar-refractivity contribution is 7.92. The molecule has 2 aromatic carbocycles. The Morgan fingerprint density at radius 1 is 1.08 bits per heavy atom. The molecular weight excluding hydrogens is 519 g/mol. The maximum Gasteiger partial charge on any atom is 0.410 e. The summed E-state index contributed by atoms with van der Waals surface area (Å²) in [6.45, 7) is 12.2. The average molecular weight is 555 g/mol. The summed E-state index contributed by atoms with van der Waals surface area (Å²) >= 11 is 0. The van der Waals surface area contributed by atoms with Crippen LogP contribution >= 0.6 is 0 Å². The molecule has 1 saturated heterocycles. The second kappa shape index (κ2) is 11.3. The van der Waals surface area contributed by atoms with Crippen molar-refractivity contribution in [2.45, 2.75) is 57.7 Å². The van der Waals surface area contributed by atoms with Gasteiger partial charge in [0.2, 0.25) is 0 Å². The fraction of sp³-hybridized carbons (Fsp3) is 0.379. The molecule has 1 N–H and O–H groups in total. The van der Waals surface area contributed by atoms with Crippen LogP contribution in [0, 0.1) is 12.7 Å². The molecule has 3 aromatic rings. The molecule has 208 valence electrons. The number of hydrogen-bond donors (Lipinski definition) is 1. The maximum absolute atomic E-state index is 13.3. The Morgan fingerprint density at radius 2 is 1.79 bits per heavy atom. The highest BCUT2D eigenvalue weighted by atomic mass is 32.2. The molecule has 0 aliphatic carbocycles. The lowest BCUT2D eigenvalue weighted by Crippen LogP contribution is -2.54. The number of halogens is 1. The van der Waals surface area contributed by atoms with E-state index >= 15 is 0 Å². The minimum absolute atomic E-state index is 0.0132. The van der Waals surface area contributed by atoms with Crippen molar-refractivity contribution in [1.82, 2.24) is 14.8 Å². The van der Waals surface area contributed by atoms with Crippen LogP contribution in [0.3, 0.4) is 0 Å². The van der Waals surface area contributed by atoms with Crippen LogP contribution in [0.5, 0.6) is 0 Å². The summed E-state index contributed by atoms with van der Waals surface area (Å²) in [5, 5.41) is 0. The number of carbonyl (C=O) groups excluding carboxylic acids is 1. The van der Waals surface area contributed by atoms with Crippen molar-refractivity contribution in [1.29, 1.82) is 0 Å². The maximum atomic E-state index is 13.3. The van der Waals surface area contributed by atoms with Crippen LogP contribution in [0.4, 0.5) is 14.9 Å². The van der Waals surface area contributed by atoms with Gasteiger partial charge >= 0.3 is 6.09 Å². The Labute approximate surface area is 229 Å². The fourth-order valence-electron chi connectivity index (χ4n) is 4.53. The van der Waals surface area contributed by atoms with E-state index in [0.29, 0.717) is 36.4 Å². The zero-order valence-corrected chi connectivity index (χ0v) is 23.8. The molecule has 0 saturated carbocycles. The van der Waals surface area contributed by atoms with Crippen molar-refractivity contribution in [2.24, 2.45) is 0 Å². The number of piperazine rings is 1. The second-order valence-corrected chi connectivity index (χ2v) is 12.6. The number of aromatic nitrogens is 1. The number of anilines is 1. The van der Waals surface area contributed by atoms with Crippen molar-refractivity contribution >= 4 is 21.8 Å². The number of carbonyl (C=O) groups is 1. The van der Waals surface area contributed by atoms with Crippen LogP contribution in [0.15, 0.2) is 65.8 Å². The van der Waals surface area contributed by atoms with Gasteiger partial charge in [-0.1, -0.05) is 18.2 Å². The third-order valence-corrected chi connectivity index (χ3v) is 7.88. The Hall–Kier alpha value is -3.50. The molecule has 1 aliphatic rings. The van der Waals surface area contributed by atoms with Gasteiger partial charge < -0.3 is 9.64 Å². The van der Waals surface area contributed by atoms with Gasteiger partial charge in [0.05, 0.1) is 0 Å². The smallest absolute Gasteiger partial charge is 0.410 e. The number of pyridine rings is 1. The number of amides is 1. The molecule has 10 heteroatoms. The van der Waals surface area contributed by atoms with Crippen LogP contribution in [-0.2, 0) is 21.3 Å². The molecule has 1 amide bonds. The molecule has 0 bridgehead atoms. The zero-order valence-electron chi connectivity index (χ0n) is 22.9. The molecule has 1 atom stereocenters. The van der Waals surface area contributed by atoms with E-state index in [4.69, 9.17) is 4.74 Å². The van der Waals surface area contributed by atoms with Gasteiger partial charge in [-0.25, -0.2) is 17.6 Å². The van der Waals surface area contributed by atoms with E-state index in [2.05, 4.69) is 14.6 Å². The van der Waals surface area contributed by atoms with Crippen LogP contribution in [0.25, 0.3) is 11.1 Å². The second-order valence-electron chi connectivity index (χ2n) is 10.9. The molecule has 1 aliphatic heterocycles. The first-order valence-electron chi connectivity index (χ1n) is 12.9. The van der Waals surface area contributed by atoms with Crippen molar-refractivity contribution in [3.63, 3.8) is 0 Å². The number of rotatable bonds is 6. The summed E-state index contributed by atoms with van der Waals surface area (Å²) in [5.41, 5.74) is 3.20. The van der Waals surface area contributed by atoms with Crippen LogP contribution in [-0.4, -0.2) is 60.6 Å². The Kier molecular flexibility index (Phi) is 8.27. The number of hydrogen-bond acceptors (Lipinski definition) is 6. The zero-order chi connectivity index (χ0) is 28.4. The topological polar surface area (TPSA) is 91.8 Å². The van der Waals surface area contributed by atoms with E-state index in [1.165, 1.54) is 24.4 Å². The SMILES string of the molecule is Cc1cc(NS(=O)(=O)c2cncc(-c3ccc(F)cc3)c2)ccc1CN1CCN(C(=O)OC(C)(C)C)[C@@H](C)C1. The molecule has 4 rings (SSSR count). The third-order valence-electron chi connectivity index (χ3n) is 6.53. The normalized spacial score (nSPS) is 16.7. The number of nitrogens with one attached hydrogen (secondary N) is 1. The van der Waals surface area contributed by atoms with Crippen molar-refractivity contribution in [3.8, 4) is 11.1 Å². The van der Waals surface area contributed by atoms with Gasteiger partial charge in [-0.3, -0.25) is 14.6 Å². The molecule has 0 radical (unpaired) electrons. The molecular formula is C29H35FN4O4S. The first kappa shape index (κ1) is 28.5. The lowest BCUT2D eigenvalue weighted by Gasteiger charge is -2.40. The Balaban J connectivity index is 1.40. The molecule has 0 spiro atoms. The minimum atomic E-state index is -3.89. The van der Waals surface area contributed by atoms with Gasteiger partial charge in [0.1, 0.15) is 16.3 Å². The van der Waals surface area contributed by atoms with E-state index in [1.54, 1.807) is 29.3 Å². The minimum Gasteiger partial charge on any atom is -0.444 e. The summed E-state index contributed by atoms with van der Waals surface area (Å²) in [6, 6.07) is 12.8. The third kappa shape index (κ3) is 7.33. The van der Waals surface area contributed by atoms with E-state index in [-0.39, 0.29) is 22.8 Å². The fourth-order valence-corrected chi connectivity index (χ4v) is 5.56. The quantitative estimate of drug-likeness (QED) is 0.437. The van der Waals surface area contributed by atoms with Crippen molar-refractivity contribution < 1.29 is 22.3 Å². The summed E-state index contributed by atoms with van der Waals surface area (Å²) in [7, 11) is -3.89. The number of nitrogens with zero attached hydrogens (tertiary/aromatic N) is 3. The van der Waals surface area contributed by atoms with Gasteiger partial charge in [0.15, 0.2) is 0 Å². The molecule has 1 aromatic heterocycles. The molecule has 0 unspecified atom stereocenters. The van der Waals surface area contributed by atoms with Crippen LogP contribution in [0.1, 0.15) is 38.8 Å². The summed E-state index contributed by atoms with van der Waals surface area (Å²) in [4.78, 5) is 20.7. The van der Waals surface area contributed by atoms with Gasteiger partial charge in [-0.05, 0) is 81.6 Å². The number of aryl methyl sites for hydroxylation is 1. The average Bonchev–Trinajstić information content (AvgIpc) is 2.85.